The summed E-state index contributed by atoms with van der Waals surface area (Å²) in [4.78, 5) is 11.1. The second kappa shape index (κ2) is 5.87. The van der Waals surface area contributed by atoms with Crippen molar-refractivity contribution < 1.29 is 9.53 Å². The molecule has 0 radical (unpaired) electrons. The van der Waals surface area contributed by atoms with E-state index in [9.17, 15) is 4.79 Å². The number of carbonyl (C=O) groups is 1. The van der Waals surface area contributed by atoms with Crippen molar-refractivity contribution in [3.63, 3.8) is 0 Å². The second-order valence-electron chi connectivity index (χ2n) is 4.70. The lowest BCUT2D eigenvalue weighted by atomic mass is 9.94. The van der Waals surface area contributed by atoms with E-state index in [0.29, 0.717) is 6.04 Å². The average Bonchev–Trinajstić information content (AvgIpc) is 2.38. The largest absolute Gasteiger partial charge is 0.497 e. The van der Waals surface area contributed by atoms with Crippen molar-refractivity contribution in [3.05, 3.63) is 29.8 Å². The lowest BCUT2D eigenvalue weighted by Crippen LogP contribution is -2.43. The van der Waals surface area contributed by atoms with Gasteiger partial charge in [-0.25, -0.2) is 0 Å². The zero-order valence-corrected chi connectivity index (χ0v) is 10.9. The van der Waals surface area contributed by atoms with Gasteiger partial charge in [0.15, 0.2) is 0 Å². The van der Waals surface area contributed by atoms with Gasteiger partial charge in [-0.3, -0.25) is 4.79 Å². The molecule has 0 spiro atoms. The molecule has 2 unspecified atom stereocenters. The monoisotopic (exact) mass is 248 g/mol. The molecule has 1 saturated heterocycles. The first-order valence-electron chi connectivity index (χ1n) is 6.33. The number of methoxy groups -OCH3 is 1. The highest BCUT2D eigenvalue weighted by Gasteiger charge is 2.22. The van der Waals surface area contributed by atoms with E-state index >= 15 is 0 Å². The fraction of sp³-hybridized carbons (Fsp3) is 0.500. The third kappa shape index (κ3) is 3.23. The standard InChI is InChI=1S/C14H20N2O2/c1-10(17)16-12-7-8-15-14(9-12)11-3-5-13(18-2)6-4-11/h3-6,12,14-15H,7-9H2,1-2H3,(H,16,17). The molecule has 1 aliphatic rings. The molecule has 0 saturated carbocycles. The number of amides is 1. The summed E-state index contributed by atoms with van der Waals surface area (Å²) in [5.74, 6) is 0.920. The number of nitrogens with one attached hydrogen (secondary N) is 2. The van der Waals surface area contributed by atoms with Crippen LogP contribution in [0.5, 0.6) is 5.75 Å². The van der Waals surface area contributed by atoms with Crippen molar-refractivity contribution >= 4 is 5.91 Å². The zero-order valence-electron chi connectivity index (χ0n) is 10.9. The molecule has 2 N–H and O–H groups in total. The van der Waals surface area contributed by atoms with E-state index in [1.807, 2.05) is 12.1 Å². The van der Waals surface area contributed by atoms with Crippen LogP contribution in [0.2, 0.25) is 0 Å². The van der Waals surface area contributed by atoms with Gasteiger partial charge in [-0.1, -0.05) is 12.1 Å². The molecule has 1 amide bonds. The Morgan fingerprint density at radius 3 is 2.72 bits per heavy atom. The van der Waals surface area contributed by atoms with Gasteiger partial charge in [-0.2, -0.15) is 0 Å². The highest BCUT2D eigenvalue weighted by atomic mass is 16.5. The minimum absolute atomic E-state index is 0.0513. The van der Waals surface area contributed by atoms with E-state index < -0.39 is 0 Å². The van der Waals surface area contributed by atoms with Crippen LogP contribution in [0.4, 0.5) is 0 Å². The fourth-order valence-electron chi connectivity index (χ4n) is 2.43. The van der Waals surface area contributed by atoms with Crippen molar-refractivity contribution in [2.75, 3.05) is 13.7 Å². The minimum atomic E-state index is 0.0513. The molecular formula is C14H20N2O2. The molecule has 1 fully saturated rings. The highest BCUT2D eigenvalue weighted by Crippen LogP contribution is 2.24. The molecule has 0 aliphatic carbocycles. The number of ether oxygens (including phenoxy) is 1. The van der Waals surface area contributed by atoms with Crippen LogP contribution in [-0.2, 0) is 4.79 Å². The Kier molecular flexibility index (Phi) is 4.20. The van der Waals surface area contributed by atoms with Crippen LogP contribution in [0, 0.1) is 0 Å². The van der Waals surface area contributed by atoms with Crippen LogP contribution < -0.4 is 15.4 Å². The van der Waals surface area contributed by atoms with Gasteiger partial charge < -0.3 is 15.4 Å². The summed E-state index contributed by atoms with van der Waals surface area (Å²) >= 11 is 0. The molecule has 1 aromatic carbocycles. The lowest BCUT2D eigenvalue weighted by molar-refractivity contribution is -0.119. The van der Waals surface area contributed by atoms with Gasteiger partial charge in [-0.05, 0) is 37.1 Å². The molecule has 98 valence electrons. The summed E-state index contributed by atoms with van der Waals surface area (Å²) in [5.41, 5.74) is 1.24. The molecule has 2 rings (SSSR count). The van der Waals surface area contributed by atoms with Crippen molar-refractivity contribution in [2.45, 2.75) is 31.8 Å². The van der Waals surface area contributed by atoms with Gasteiger partial charge >= 0.3 is 0 Å². The molecule has 1 heterocycles. The summed E-state index contributed by atoms with van der Waals surface area (Å²) in [5, 5.41) is 6.48. The Balaban J connectivity index is 2.01. The molecule has 1 aliphatic heterocycles. The average molecular weight is 248 g/mol. The van der Waals surface area contributed by atoms with Crippen molar-refractivity contribution in [2.24, 2.45) is 0 Å². The van der Waals surface area contributed by atoms with Gasteiger partial charge in [0.05, 0.1) is 7.11 Å². The van der Waals surface area contributed by atoms with E-state index in [0.717, 1.165) is 25.1 Å². The normalized spacial score (nSPS) is 23.4. The maximum atomic E-state index is 11.1. The Hall–Kier alpha value is -1.55. The van der Waals surface area contributed by atoms with Gasteiger partial charge in [0.25, 0.3) is 0 Å². The number of rotatable bonds is 3. The fourth-order valence-corrected chi connectivity index (χ4v) is 2.43. The molecule has 0 aromatic heterocycles. The maximum Gasteiger partial charge on any atom is 0.217 e. The van der Waals surface area contributed by atoms with Crippen molar-refractivity contribution in [3.8, 4) is 5.75 Å². The molecule has 4 heteroatoms. The smallest absolute Gasteiger partial charge is 0.217 e. The van der Waals surface area contributed by atoms with Crippen LogP contribution in [0.1, 0.15) is 31.4 Å². The summed E-state index contributed by atoms with van der Waals surface area (Å²) in [6.45, 7) is 2.51. The van der Waals surface area contributed by atoms with Gasteiger partial charge in [0.1, 0.15) is 5.75 Å². The Labute approximate surface area is 108 Å². The predicted octanol–water partition coefficient (Wildman–Crippen LogP) is 1.62. The van der Waals surface area contributed by atoms with Crippen molar-refractivity contribution in [1.29, 1.82) is 0 Å². The first-order valence-corrected chi connectivity index (χ1v) is 6.33. The summed E-state index contributed by atoms with van der Waals surface area (Å²) < 4.78 is 5.15. The minimum Gasteiger partial charge on any atom is -0.497 e. The lowest BCUT2D eigenvalue weighted by Gasteiger charge is -2.31. The Bertz CT molecular complexity index is 403. The van der Waals surface area contributed by atoms with Gasteiger partial charge in [0, 0.05) is 19.0 Å². The summed E-state index contributed by atoms with van der Waals surface area (Å²) in [7, 11) is 1.67. The maximum absolute atomic E-state index is 11.1. The predicted molar refractivity (Wildman–Crippen MR) is 70.6 cm³/mol. The summed E-state index contributed by atoms with van der Waals surface area (Å²) in [6, 6.07) is 8.68. The number of hydrogen-bond acceptors (Lipinski definition) is 3. The molecule has 4 nitrogen and oxygen atoms in total. The van der Waals surface area contributed by atoms with Crippen LogP contribution in [0.25, 0.3) is 0 Å². The first-order chi connectivity index (χ1) is 8.69. The van der Waals surface area contributed by atoms with Crippen LogP contribution in [0.15, 0.2) is 24.3 Å². The molecular weight excluding hydrogens is 228 g/mol. The Morgan fingerprint density at radius 2 is 2.11 bits per heavy atom. The highest BCUT2D eigenvalue weighted by molar-refractivity contribution is 5.73. The number of hydrogen-bond donors (Lipinski definition) is 2. The van der Waals surface area contributed by atoms with Crippen LogP contribution in [0.3, 0.4) is 0 Å². The van der Waals surface area contributed by atoms with Gasteiger partial charge in [-0.15, -0.1) is 0 Å². The van der Waals surface area contributed by atoms with E-state index in [1.54, 1.807) is 14.0 Å². The molecule has 18 heavy (non-hydrogen) atoms. The second-order valence-corrected chi connectivity index (χ2v) is 4.70. The van der Waals surface area contributed by atoms with E-state index in [-0.39, 0.29) is 11.9 Å². The molecule has 0 bridgehead atoms. The first kappa shape index (κ1) is 12.9. The third-order valence-corrected chi connectivity index (χ3v) is 3.33. The van der Waals surface area contributed by atoms with E-state index in [4.69, 9.17) is 4.74 Å². The Morgan fingerprint density at radius 1 is 1.39 bits per heavy atom. The molecule has 2 atom stereocenters. The number of piperidine rings is 1. The van der Waals surface area contributed by atoms with Gasteiger partial charge in [0.2, 0.25) is 5.91 Å². The zero-order chi connectivity index (χ0) is 13.0. The number of benzene rings is 1. The van der Waals surface area contributed by atoms with Crippen LogP contribution in [-0.4, -0.2) is 25.6 Å². The summed E-state index contributed by atoms with van der Waals surface area (Å²) in [6.07, 6.45) is 1.93. The van der Waals surface area contributed by atoms with E-state index in [2.05, 4.69) is 22.8 Å². The SMILES string of the molecule is COc1ccc(C2CC(NC(C)=O)CCN2)cc1. The topological polar surface area (TPSA) is 50.4 Å². The number of carbonyl (C=O) groups excluding carboxylic acids is 1. The van der Waals surface area contributed by atoms with Crippen LogP contribution >= 0.6 is 0 Å². The quantitative estimate of drug-likeness (QED) is 0.854. The van der Waals surface area contributed by atoms with Crippen molar-refractivity contribution in [1.82, 2.24) is 10.6 Å². The third-order valence-electron chi connectivity index (χ3n) is 3.33. The molecule has 1 aromatic rings. The van der Waals surface area contributed by atoms with E-state index in [1.165, 1.54) is 5.56 Å².